The fourth-order valence-corrected chi connectivity index (χ4v) is 5.54. The molecule has 1 saturated heterocycles. The summed E-state index contributed by atoms with van der Waals surface area (Å²) in [5.74, 6) is 1.87. The molecule has 2 fully saturated rings. The Kier molecular flexibility index (Phi) is 3.92. The molecule has 5 heteroatoms. The molecular formula is C21H29N5. The molecule has 0 amide bonds. The lowest BCUT2D eigenvalue weighted by molar-refractivity contribution is 0.229. The number of nitrogens with zero attached hydrogens (tertiary/aromatic N) is 2. The molecule has 1 aromatic carbocycles. The standard InChI is InChI=1S/C21H29N5/c22-20-24-18-17(19(25-20)26-11-9-23-10-12-26)7-3-4-8-21(18)13-15-5-1-2-6-16(15)14-21/h1-2,5-6,18,23H,3-4,7-14H2,(H3,22,24,25). The van der Waals surface area contributed by atoms with E-state index in [-0.39, 0.29) is 11.5 Å². The summed E-state index contributed by atoms with van der Waals surface area (Å²) in [6.45, 7) is 4.16. The number of piperazine rings is 1. The topological polar surface area (TPSA) is 65.7 Å². The highest BCUT2D eigenvalue weighted by Crippen LogP contribution is 2.50. The third-order valence-corrected chi connectivity index (χ3v) is 6.74. The Morgan fingerprint density at radius 1 is 1.08 bits per heavy atom. The molecule has 0 aromatic heterocycles. The van der Waals surface area contributed by atoms with Gasteiger partial charge in [-0.2, -0.15) is 0 Å². The van der Waals surface area contributed by atoms with Crippen molar-refractivity contribution in [3.63, 3.8) is 0 Å². The lowest BCUT2D eigenvalue weighted by atomic mass is 9.72. The summed E-state index contributed by atoms with van der Waals surface area (Å²) in [5, 5.41) is 6.90. The number of hydrogen-bond acceptors (Lipinski definition) is 5. The average Bonchev–Trinajstić information content (AvgIpc) is 2.96. The van der Waals surface area contributed by atoms with Gasteiger partial charge in [0.2, 0.25) is 0 Å². The van der Waals surface area contributed by atoms with E-state index in [1.807, 2.05) is 0 Å². The third kappa shape index (κ3) is 2.60. The number of nitrogens with two attached hydrogens (primary N) is 1. The third-order valence-electron chi connectivity index (χ3n) is 6.74. The average molecular weight is 351 g/mol. The Bertz CT molecular complexity index is 734. The summed E-state index contributed by atoms with van der Waals surface area (Å²) in [4.78, 5) is 7.50. The van der Waals surface area contributed by atoms with Gasteiger partial charge >= 0.3 is 0 Å². The van der Waals surface area contributed by atoms with Crippen LogP contribution in [0.4, 0.5) is 0 Å². The minimum atomic E-state index is 0.210. The Morgan fingerprint density at radius 3 is 2.54 bits per heavy atom. The normalized spacial score (nSPS) is 27.5. The minimum Gasteiger partial charge on any atom is -0.370 e. The molecule has 1 atom stereocenters. The van der Waals surface area contributed by atoms with Crippen LogP contribution in [0.1, 0.15) is 36.8 Å². The van der Waals surface area contributed by atoms with E-state index < -0.39 is 0 Å². The van der Waals surface area contributed by atoms with Crippen molar-refractivity contribution < 1.29 is 0 Å². The summed E-state index contributed by atoms with van der Waals surface area (Å²) < 4.78 is 0. The number of hydrogen-bond donors (Lipinski definition) is 3. The van der Waals surface area contributed by atoms with E-state index >= 15 is 0 Å². The summed E-state index contributed by atoms with van der Waals surface area (Å²) in [5.41, 5.74) is 11.1. The van der Waals surface area contributed by atoms with Gasteiger partial charge in [-0.25, -0.2) is 4.99 Å². The summed E-state index contributed by atoms with van der Waals surface area (Å²) >= 11 is 0. The van der Waals surface area contributed by atoms with Gasteiger partial charge in [-0.15, -0.1) is 0 Å². The molecule has 2 heterocycles. The number of nitrogens with one attached hydrogen (secondary N) is 2. The highest BCUT2D eigenvalue weighted by atomic mass is 15.3. The Morgan fingerprint density at radius 2 is 1.81 bits per heavy atom. The van der Waals surface area contributed by atoms with Crippen LogP contribution in [-0.2, 0) is 12.8 Å². The van der Waals surface area contributed by atoms with Gasteiger partial charge in [0.25, 0.3) is 0 Å². The molecule has 2 aliphatic carbocycles. The zero-order valence-electron chi connectivity index (χ0n) is 15.4. The monoisotopic (exact) mass is 351 g/mol. The molecule has 1 spiro atoms. The predicted molar refractivity (Wildman–Crippen MR) is 105 cm³/mol. The van der Waals surface area contributed by atoms with E-state index in [9.17, 15) is 0 Å². The first-order chi connectivity index (χ1) is 12.8. The van der Waals surface area contributed by atoms with Crippen molar-refractivity contribution in [3.8, 4) is 0 Å². The maximum Gasteiger partial charge on any atom is 0.194 e. The van der Waals surface area contributed by atoms with Crippen LogP contribution in [0.15, 0.2) is 40.7 Å². The number of benzene rings is 1. The van der Waals surface area contributed by atoms with Crippen molar-refractivity contribution in [2.75, 3.05) is 26.2 Å². The second-order valence-corrected chi connectivity index (χ2v) is 8.34. The van der Waals surface area contributed by atoms with Gasteiger partial charge in [0.15, 0.2) is 5.96 Å². The van der Waals surface area contributed by atoms with Crippen molar-refractivity contribution in [3.05, 3.63) is 46.8 Å². The SMILES string of the molecule is NC1=NC2C(=C(N3CCNCC3)N1)CCCCC21Cc2ccccc2C1. The van der Waals surface area contributed by atoms with Crippen LogP contribution in [0.3, 0.4) is 0 Å². The molecule has 1 unspecified atom stereocenters. The molecule has 4 N–H and O–H groups in total. The molecule has 4 aliphatic rings. The van der Waals surface area contributed by atoms with Crippen LogP contribution in [-0.4, -0.2) is 43.1 Å². The van der Waals surface area contributed by atoms with Crippen molar-refractivity contribution >= 4 is 5.96 Å². The second kappa shape index (κ2) is 6.31. The van der Waals surface area contributed by atoms with Crippen LogP contribution in [0, 0.1) is 5.41 Å². The van der Waals surface area contributed by atoms with Gasteiger partial charge in [0, 0.05) is 31.6 Å². The summed E-state index contributed by atoms with van der Waals surface area (Å²) in [7, 11) is 0. The van der Waals surface area contributed by atoms with Crippen LogP contribution in [0.25, 0.3) is 0 Å². The largest absolute Gasteiger partial charge is 0.370 e. The summed E-state index contributed by atoms with van der Waals surface area (Å²) in [6.07, 6.45) is 7.23. The first kappa shape index (κ1) is 16.2. The fourth-order valence-electron chi connectivity index (χ4n) is 5.54. The fraction of sp³-hybridized carbons (Fsp3) is 0.571. The highest BCUT2D eigenvalue weighted by Gasteiger charge is 2.48. The molecule has 138 valence electrons. The molecule has 2 aliphatic heterocycles. The van der Waals surface area contributed by atoms with Crippen LogP contribution in [0.5, 0.6) is 0 Å². The molecule has 0 radical (unpaired) electrons. The number of rotatable bonds is 1. The van der Waals surface area contributed by atoms with Gasteiger partial charge in [0.05, 0.1) is 6.04 Å². The first-order valence-corrected chi connectivity index (χ1v) is 10.1. The van der Waals surface area contributed by atoms with E-state index in [1.54, 1.807) is 0 Å². The van der Waals surface area contributed by atoms with Crippen LogP contribution in [0.2, 0.25) is 0 Å². The minimum absolute atomic E-state index is 0.210. The number of aliphatic imine (C=N–C) groups is 1. The van der Waals surface area contributed by atoms with Crippen molar-refractivity contribution in [2.45, 2.75) is 44.6 Å². The van der Waals surface area contributed by atoms with Crippen molar-refractivity contribution in [2.24, 2.45) is 16.1 Å². The maximum absolute atomic E-state index is 6.31. The zero-order chi connectivity index (χ0) is 17.6. The van der Waals surface area contributed by atoms with E-state index in [2.05, 4.69) is 39.8 Å². The molecule has 1 saturated carbocycles. The smallest absolute Gasteiger partial charge is 0.194 e. The van der Waals surface area contributed by atoms with Crippen molar-refractivity contribution in [1.29, 1.82) is 0 Å². The Hall–Kier alpha value is -2.01. The quantitative estimate of drug-likeness (QED) is 0.721. The molecular weight excluding hydrogens is 322 g/mol. The zero-order valence-corrected chi connectivity index (χ0v) is 15.4. The van der Waals surface area contributed by atoms with E-state index in [0.29, 0.717) is 5.96 Å². The van der Waals surface area contributed by atoms with Crippen LogP contribution >= 0.6 is 0 Å². The molecule has 0 bridgehead atoms. The summed E-state index contributed by atoms with van der Waals surface area (Å²) in [6, 6.07) is 9.20. The van der Waals surface area contributed by atoms with E-state index in [1.165, 1.54) is 41.8 Å². The second-order valence-electron chi connectivity index (χ2n) is 8.34. The van der Waals surface area contributed by atoms with Crippen molar-refractivity contribution in [1.82, 2.24) is 15.5 Å². The molecule has 1 aromatic rings. The van der Waals surface area contributed by atoms with Gasteiger partial charge < -0.3 is 21.3 Å². The highest BCUT2D eigenvalue weighted by molar-refractivity contribution is 5.81. The van der Waals surface area contributed by atoms with Gasteiger partial charge in [-0.05, 0) is 48.8 Å². The Balaban J connectivity index is 1.56. The van der Waals surface area contributed by atoms with E-state index in [0.717, 1.165) is 45.4 Å². The molecule has 5 rings (SSSR count). The first-order valence-electron chi connectivity index (χ1n) is 10.1. The van der Waals surface area contributed by atoms with Crippen LogP contribution < -0.4 is 16.4 Å². The maximum atomic E-state index is 6.31. The van der Waals surface area contributed by atoms with Gasteiger partial charge in [0.1, 0.15) is 5.82 Å². The number of guanidine groups is 1. The molecule has 5 nitrogen and oxygen atoms in total. The van der Waals surface area contributed by atoms with Gasteiger partial charge in [-0.1, -0.05) is 30.7 Å². The van der Waals surface area contributed by atoms with Gasteiger partial charge in [-0.3, -0.25) is 0 Å². The lowest BCUT2D eigenvalue weighted by Crippen LogP contribution is -2.52. The Labute approximate surface area is 155 Å². The molecule has 26 heavy (non-hydrogen) atoms. The number of fused-ring (bicyclic) bond motifs is 3. The van der Waals surface area contributed by atoms with E-state index in [4.69, 9.17) is 10.7 Å². The lowest BCUT2D eigenvalue weighted by Gasteiger charge is -2.41. The predicted octanol–water partition coefficient (Wildman–Crippen LogP) is 1.75.